The summed E-state index contributed by atoms with van der Waals surface area (Å²) in [4.78, 5) is 12.2. The number of rotatable bonds is 5. The Balaban J connectivity index is 1.68. The molecule has 1 N–H and O–H groups in total. The minimum atomic E-state index is -0.326. The Kier molecular flexibility index (Phi) is 4.28. The monoisotopic (exact) mass is 416 g/mol. The van der Waals surface area contributed by atoms with Crippen LogP contribution in [0.4, 0.5) is 0 Å². The largest absolute Gasteiger partial charge is 0.508 e. The fourth-order valence-electron chi connectivity index (χ4n) is 2.88. The lowest BCUT2D eigenvalue weighted by Gasteiger charge is -2.14. The molecule has 1 aliphatic rings. The van der Waals surface area contributed by atoms with Crippen molar-refractivity contribution in [1.29, 1.82) is 0 Å². The van der Waals surface area contributed by atoms with Crippen molar-refractivity contribution in [3.8, 4) is 17.2 Å². The number of hydrogen-bond donors (Lipinski definition) is 1. The van der Waals surface area contributed by atoms with Crippen LogP contribution in [-0.4, -0.2) is 24.9 Å². The number of aromatic hydroxyl groups is 1. The van der Waals surface area contributed by atoms with E-state index in [0.717, 1.165) is 34.2 Å². The summed E-state index contributed by atoms with van der Waals surface area (Å²) < 4.78 is 9.31. The van der Waals surface area contributed by atoms with E-state index in [1.54, 1.807) is 31.3 Å². The predicted octanol–water partition coefficient (Wildman–Crippen LogP) is 2.89. The topological polar surface area (TPSA) is 82.2 Å². The number of ether oxygens (including phenoxy) is 1. The van der Waals surface area contributed by atoms with E-state index in [2.05, 4.69) is 26.4 Å². The molecule has 0 unspecified atom stereocenters. The zero-order valence-corrected chi connectivity index (χ0v) is 15.7. The van der Waals surface area contributed by atoms with E-state index >= 15 is 0 Å². The number of halogens is 1. The molecule has 1 heterocycles. The molecule has 4 rings (SSSR count). The quantitative estimate of drug-likeness (QED) is 0.691. The SMILES string of the molecule is Cn1nnn(-c2cccc(Br)c2COc2ccc(O)cc2C2CC2)c1=O. The second kappa shape index (κ2) is 6.60. The molecule has 0 bridgehead atoms. The molecule has 1 fully saturated rings. The van der Waals surface area contributed by atoms with E-state index in [4.69, 9.17) is 4.74 Å². The highest BCUT2D eigenvalue weighted by atomic mass is 79.9. The molecule has 1 aromatic heterocycles. The fourth-order valence-corrected chi connectivity index (χ4v) is 3.35. The Hall–Kier alpha value is -2.61. The number of phenolic OH excluding ortho intramolecular Hbond substituents is 1. The van der Waals surface area contributed by atoms with Gasteiger partial charge < -0.3 is 9.84 Å². The van der Waals surface area contributed by atoms with Gasteiger partial charge in [0.1, 0.15) is 18.1 Å². The number of phenols is 1. The van der Waals surface area contributed by atoms with Gasteiger partial charge in [-0.3, -0.25) is 0 Å². The molecule has 1 aliphatic carbocycles. The first-order valence-electron chi connectivity index (χ1n) is 8.27. The van der Waals surface area contributed by atoms with Gasteiger partial charge >= 0.3 is 5.69 Å². The Bertz CT molecular complexity index is 1020. The lowest BCUT2D eigenvalue weighted by molar-refractivity contribution is 0.301. The molecule has 26 heavy (non-hydrogen) atoms. The van der Waals surface area contributed by atoms with Gasteiger partial charge in [-0.25, -0.2) is 4.79 Å². The van der Waals surface area contributed by atoms with Crippen molar-refractivity contribution in [2.75, 3.05) is 0 Å². The Labute approximate surface area is 157 Å². The highest BCUT2D eigenvalue weighted by molar-refractivity contribution is 9.10. The van der Waals surface area contributed by atoms with Crippen LogP contribution in [-0.2, 0) is 13.7 Å². The van der Waals surface area contributed by atoms with Crippen molar-refractivity contribution in [3.05, 3.63) is 62.5 Å². The van der Waals surface area contributed by atoms with Crippen molar-refractivity contribution in [3.63, 3.8) is 0 Å². The molecule has 0 saturated heterocycles. The third-order valence-electron chi connectivity index (χ3n) is 4.43. The minimum absolute atomic E-state index is 0.243. The lowest BCUT2D eigenvalue weighted by Crippen LogP contribution is -2.23. The highest BCUT2D eigenvalue weighted by Crippen LogP contribution is 2.45. The van der Waals surface area contributed by atoms with Gasteiger partial charge in [0.05, 0.1) is 5.69 Å². The fraction of sp³-hybridized carbons (Fsp3) is 0.278. The molecule has 0 amide bonds. The van der Waals surface area contributed by atoms with Gasteiger partial charge in [-0.2, -0.15) is 9.36 Å². The molecule has 0 spiro atoms. The molecule has 7 nitrogen and oxygen atoms in total. The summed E-state index contributed by atoms with van der Waals surface area (Å²) in [5, 5.41) is 17.4. The maximum atomic E-state index is 12.2. The normalized spacial score (nSPS) is 13.8. The molecular formula is C18H17BrN4O3. The van der Waals surface area contributed by atoms with Crippen molar-refractivity contribution in [1.82, 2.24) is 19.8 Å². The zero-order chi connectivity index (χ0) is 18.3. The summed E-state index contributed by atoms with van der Waals surface area (Å²) in [5.74, 6) is 1.43. The Morgan fingerprint density at radius 3 is 2.77 bits per heavy atom. The second-order valence-corrected chi connectivity index (χ2v) is 7.17. The van der Waals surface area contributed by atoms with E-state index in [-0.39, 0.29) is 18.0 Å². The Morgan fingerprint density at radius 1 is 1.27 bits per heavy atom. The predicted molar refractivity (Wildman–Crippen MR) is 98.7 cm³/mol. The molecule has 1 saturated carbocycles. The maximum Gasteiger partial charge on any atom is 0.368 e. The summed E-state index contributed by atoms with van der Waals surface area (Å²) in [6.07, 6.45) is 2.21. The van der Waals surface area contributed by atoms with Gasteiger partial charge in [0, 0.05) is 22.6 Å². The summed E-state index contributed by atoms with van der Waals surface area (Å²) >= 11 is 3.53. The first kappa shape index (κ1) is 16.8. The lowest BCUT2D eigenvalue weighted by atomic mass is 10.1. The molecule has 0 aliphatic heterocycles. The van der Waals surface area contributed by atoms with Crippen LogP contribution >= 0.6 is 15.9 Å². The summed E-state index contributed by atoms with van der Waals surface area (Å²) in [6, 6.07) is 10.7. The van der Waals surface area contributed by atoms with Gasteiger partial charge in [-0.15, -0.1) is 0 Å². The summed E-state index contributed by atoms with van der Waals surface area (Å²) in [7, 11) is 1.55. The van der Waals surface area contributed by atoms with Gasteiger partial charge in [-0.1, -0.05) is 22.0 Å². The number of aryl methyl sites for hydroxylation is 1. The third-order valence-corrected chi connectivity index (χ3v) is 5.17. The van der Waals surface area contributed by atoms with E-state index in [1.807, 2.05) is 12.1 Å². The zero-order valence-electron chi connectivity index (χ0n) is 14.1. The van der Waals surface area contributed by atoms with Gasteiger partial charge in [0.15, 0.2) is 0 Å². The van der Waals surface area contributed by atoms with Crippen LogP contribution < -0.4 is 10.4 Å². The number of tetrazole rings is 1. The van der Waals surface area contributed by atoms with Crippen molar-refractivity contribution >= 4 is 15.9 Å². The molecule has 0 atom stereocenters. The van der Waals surface area contributed by atoms with E-state index in [0.29, 0.717) is 11.6 Å². The van der Waals surface area contributed by atoms with E-state index in [9.17, 15) is 9.90 Å². The molecule has 2 aromatic carbocycles. The number of nitrogens with zero attached hydrogens (tertiary/aromatic N) is 4. The first-order valence-corrected chi connectivity index (χ1v) is 9.06. The minimum Gasteiger partial charge on any atom is -0.508 e. The average Bonchev–Trinajstić information content (AvgIpc) is 3.41. The Morgan fingerprint density at radius 2 is 2.08 bits per heavy atom. The van der Waals surface area contributed by atoms with Crippen molar-refractivity contribution in [2.24, 2.45) is 7.05 Å². The van der Waals surface area contributed by atoms with Crippen LogP contribution in [0.15, 0.2) is 45.7 Å². The smallest absolute Gasteiger partial charge is 0.368 e. The van der Waals surface area contributed by atoms with Crippen molar-refractivity contribution < 1.29 is 9.84 Å². The average molecular weight is 417 g/mol. The van der Waals surface area contributed by atoms with E-state index < -0.39 is 0 Å². The number of aromatic nitrogens is 4. The first-order chi connectivity index (χ1) is 12.5. The highest BCUT2D eigenvalue weighted by Gasteiger charge is 2.27. The van der Waals surface area contributed by atoms with Crippen LogP contribution in [0, 0.1) is 0 Å². The molecule has 8 heteroatoms. The number of benzene rings is 2. The summed E-state index contributed by atoms with van der Waals surface area (Å²) in [6.45, 7) is 0.254. The van der Waals surface area contributed by atoms with Gasteiger partial charge in [0.25, 0.3) is 0 Å². The number of hydrogen-bond acceptors (Lipinski definition) is 5. The molecular weight excluding hydrogens is 400 g/mol. The molecule has 134 valence electrons. The van der Waals surface area contributed by atoms with Crippen LogP contribution in [0.2, 0.25) is 0 Å². The van der Waals surface area contributed by atoms with Gasteiger partial charge in [0.2, 0.25) is 0 Å². The molecule has 3 aromatic rings. The third kappa shape index (κ3) is 3.12. The van der Waals surface area contributed by atoms with Crippen molar-refractivity contribution in [2.45, 2.75) is 25.4 Å². The standard InChI is InChI=1S/C18H17BrN4O3/c1-22-18(25)23(21-20-22)16-4-2-3-15(19)14(16)10-26-17-8-7-12(24)9-13(17)11-5-6-11/h2-4,7-9,11,24H,5-6,10H2,1H3. The van der Waals surface area contributed by atoms with Crippen LogP contribution in [0.5, 0.6) is 11.5 Å². The van der Waals surface area contributed by atoms with Gasteiger partial charge in [-0.05, 0) is 59.5 Å². The molecule has 0 radical (unpaired) electrons. The van der Waals surface area contributed by atoms with Crippen LogP contribution in [0.1, 0.15) is 29.9 Å². The van der Waals surface area contributed by atoms with Crippen LogP contribution in [0.3, 0.4) is 0 Å². The maximum absolute atomic E-state index is 12.2. The summed E-state index contributed by atoms with van der Waals surface area (Å²) in [5.41, 5.74) is 2.11. The second-order valence-electron chi connectivity index (χ2n) is 6.32. The van der Waals surface area contributed by atoms with Crippen LogP contribution in [0.25, 0.3) is 5.69 Å². The van der Waals surface area contributed by atoms with E-state index in [1.165, 1.54) is 9.36 Å².